The molecule has 68 heavy (non-hydrogen) atoms. The molecule has 6 atom stereocenters. The number of carboxylic acids is 2. The fourth-order valence-electron chi connectivity index (χ4n) is 7.86. The summed E-state index contributed by atoms with van der Waals surface area (Å²) in [7, 11) is 0. The second-order valence-electron chi connectivity index (χ2n) is 16.5. The van der Waals surface area contributed by atoms with E-state index in [9.17, 15) is 53.4 Å². The van der Waals surface area contributed by atoms with Gasteiger partial charge in [-0.2, -0.15) is 0 Å². The first-order valence-corrected chi connectivity index (χ1v) is 22.3. The van der Waals surface area contributed by atoms with Crippen LogP contribution >= 0.6 is 11.3 Å². The monoisotopic (exact) mass is 971 g/mol. The molecule has 2 aromatic heterocycles. The minimum absolute atomic E-state index is 0. The Balaban J connectivity index is 0.00000504. The molecular weight excluding hydrogens is 921 g/mol. The number of aromatic nitrogens is 1. The first-order chi connectivity index (χ1) is 31.6. The van der Waals surface area contributed by atoms with E-state index in [2.05, 4.69) is 36.9 Å². The number of piperazine rings is 1. The number of thiophene rings is 1. The minimum atomic E-state index is -1.95. The van der Waals surface area contributed by atoms with E-state index >= 15 is 0 Å². The number of aliphatic carboxylic acids is 2. The first-order valence-electron chi connectivity index (χ1n) is 21.4. The maximum absolute atomic E-state index is 14.3. The number of nitrogens with one attached hydrogen (secondary N) is 7. The summed E-state index contributed by atoms with van der Waals surface area (Å²) in [4.78, 5) is 130. The molecule has 4 heterocycles. The van der Waals surface area contributed by atoms with Crippen molar-refractivity contribution in [3.8, 4) is 0 Å². The molecule has 0 radical (unpaired) electrons. The van der Waals surface area contributed by atoms with Crippen LogP contribution in [0.5, 0.6) is 0 Å². The largest absolute Gasteiger partial charge is 1.00 e. The van der Waals surface area contributed by atoms with Crippen molar-refractivity contribution in [1.29, 1.82) is 0 Å². The maximum Gasteiger partial charge on any atom is 1.00 e. The van der Waals surface area contributed by atoms with Crippen LogP contribution in [0.2, 0.25) is 0 Å². The molecule has 4 aromatic rings. The van der Waals surface area contributed by atoms with Gasteiger partial charge in [0.25, 0.3) is 0 Å². The Labute approximate surface area is 440 Å². The number of H-pyrrole nitrogens is 1. The number of aromatic amines is 1. The van der Waals surface area contributed by atoms with Gasteiger partial charge in [0.1, 0.15) is 36.3 Å². The minimum Gasteiger partial charge on any atom is -0.550 e. The Kier molecular flexibility index (Phi) is 21.1. The molecule has 0 unspecified atom stereocenters. The molecule has 7 amide bonds. The topological polar surface area (TPSA) is 294 Å². The Bertz CT molecular complexity index is 2430. The van der Waals surface area contributed by atoms with Gasteiger partial charge in [-0.3, -0.25) is 33.6 Å². The number of carbonyl (C=O) groups excluding carboxylic acids is 9. The fourth-order valence-corrected chi connectivity index (χ4v) is 8.63. The zero-order chi connectivity index (χ0) is 47.5. The molecule has 20 nitrogen and oxygen atoms in total. The zero-order valence-electron chi connectivity index (χ0n) is 38.2. The second kappa shape index (κ2) is 25.9. The van der Waals surface area contributed by atoms with Crippen LogP contribution in [0, 0.1) is 5.92 Å². The summed E-state index contributed by atoms with van der Waals surface area (Å²) in [6.07, 6.45) is -1.52. The fraction of sp³-hybridized carbons (Fsp3) is 0.400. The summed E-state index contributed by atoms with van der Waals surface area (Å²) in [5.41, 5.74) is 2.19. The van der Waals surface area contributed by atoms with Gasteiger partial charge in [-0.15, -0.1) is 11.3 Å². The number of amides is 7. The number of nitrogens with zero attached hydrogens (tertiary/aromatic N) is 2. The third kappa shape index (κ3) is 15.1. The molecule has 0 aliphatic carbocycles. The smallest absolute Gasteiger partial charge is 0.550 e. The van der Waals surface area contributed by atoms with Gasteiger partial charge < -0.3 is 66.5 Å². The molecule has 2 saturated heterocycles. The van der Waals surface area contributed by atoms with Crippen LogP contribution in [0.1, 0.15) is 56.0 Å². The molecule has 7 N–H and O–H groups in total. The number of benzene rings is 2. The van der Waals surface area contributed by atoms with E-state index in [1.807, 2.05) is 35.2 Å². The molecule has 2 aromatic carbocycles. The summed E-state index contributed by atoms with van der Waals surface area (Å²) in [6.45, 7) is 4.82. The van der Waals surface area contributed by atoms with Crippen molar-refractivity contribution >= 4 is 81.2 Å². The van der Waals surface area contributed by atoms with Crippen LogP contribution in [0.3, 0.4) is 0 Å². The number of rotatable bonds is 12. The van der Waals surface area contributed by atoms with E-state index in [4.69, 9.17) is 0 Å². The Morgan fingerprint density at radius 3 is 1.71 bits per heavy atom. The molecule has 6 rings (SSSR count). The van der Waals surface area contributed by atoms with Gasteiger partial charge in [0.15, 0.2) is 0 Å². The van der Waals surface area contributed by atoms with E-state index in [0.717, 1.165) is 17.0 Å². The van der Waals surface area contributed by atoms with Crippen LogP contribution in [0.4, 0.5) is 5.69 Å². The molecule has 2 aliphatic rings. The van der Waals surface area contributed by atoms with Crippen LogP contribution in [0.15, 0.2) is 78.3 Å². The predicted molar refractivity (Wildman–Crippen MR) is 235 cm³/mol. The Morgan fingerprint density at radius 2 is 1.13 bits per heavy atom. The van der Waals surface area contributed by atoms with Gasteiger partial charge in [-0.25, -0.2) is 0 Å². The summed E-state index contributed by atoms with van der Waals surface area (Å²) >= 11 is 1.06. The van der Waals surface area contributed by atoms with Gasteiger partial charge in [0.2, 0.25) is 41.4 Å². The molecule has 0 saturated carbocycles. The van der Waals surface area contributed by atoms with Crippen molar-refractivity contribution in [3.05, 3.63) is 88.7 Å². The van der Waals surface area contributed by atoms with Crippen molar-refractivity contribution in [1.82, 2.24) is 41.8 Å². The zero-order valence-corrected chi connectivity index (χ0v) is 43.0. The van der Waals surface area contributed by atoms with Gasteiger partial charge in [0, 0.05) is 85.0 Å². The number of carbonyl (C=O) groups is 9. The molecule has 23 heteroatoms. The van der Waals surface area contributed by atoms with E-state index in [-0.39, 0.29) is 95.8 Å². The van der Waals surface area contributed by atoms with E-state index in [0.29, 0.717) is 29.6 Å². The van der Waals surface area contributed by atoms with Gasteiger partial charge in [-0.05, 0) is 47.5 Å². The van der Waals surface area contributed by atoms with Crippen molar-refractivity contribution in [2.45, 2.75) is 82.2 Å². The first kappa shape index (κ1) is 55.3. The predicted octanol–water partition coefficient (Wildman–Crippen LogP) is -7.86. The number of hydrogen-bond acceptors (Lipinski definition) is 13. The maximum atomic E-state index is 14.3. The summed E-state index contributed by atoms with van der Waals surface area (Å²) in [6, 6.07) is 9.57. The molecule has 350 valence electrons. The standard InChI is InChI=1S/C45H53N9O11S.2Na/c1-25(2)19-30-40(60)47-31(20-26-24-46-29-12-7-6-11-28(26)29)41(61)49-33(22-37(56)57)43(63)48-32(21-36(55)54-16-14-53(15-17-54)27-9-4-3-5-10-27)42(62)50-34(23-38(58)59)44(64)52-39(45(65)51-30)35-13-8-18-66-35;;/h3-13,18,24-25,30-34,39,46H,14-17,19-23H2,1-2H3,(H,47,60)(H,48,63)(H,49,61)(H,50,62)(H,51,65)(H,52,64)(H,56,57)(H,58,59);;/q;2*+1/p-2/t30-,31+,32-,33+,34-,39-;;/m0../s1. The Hall–Kier alpha value is -5.29. The SMILES string of the molecule is CC(C)C[C@@H]1NC(=O)[C@H](c2cccs2)NC(=O)[C@H](CC(=O)[O-])NC(=O)[C@H](CC(=O)N2CCN(c3ccccc3)CC2)NC(=O)[C@@H](CC(=O)[O-])NC(=O)[C@@H](Cc2c[nH]c3ccccc23)NC1=O.[Na+].[Na+]. The summed E-state index contributed by atoms with van der Waals surface area (Å²) in [5, 5.41) is 41.2. The number of para-hydroxylation sites is 2. The second-order valence-corrected chi connectivity index (χ2v) is 17.5. The van der Waals surface area contributed by atoms with Gasteiger partial charge in [0.05, 0.1) is 6.42 Å². The van der Waals surface area contributed by atoms with E-state index in [1.165, 1.54) is 11.0 Å². The summed E-state index contributed by atoms with van der Waals surface area (Å²) in [5.74, 6) is -10.8. The van der Waals surface area contributed by atoms with Crippen LogP contribution < -0.4 is 106 Å². The number of carboxylic acid groups (broad SMARTS) is 2. The average Bonchev–Trinajstić information content (AvgIpc) is 3.97. The van der Waals surface area contributed by atoms with Gasteiger partial charge in [-0.1, -0.05) is 56.3 Å². The van der Waals surface area contributed by atoms with Crippen molar-refractivity contribution < 1.29 is 112 Å². The molecule has 2 aliphatic heterocycles. The molecule has 0 bridgehead atoms. The normalized spacial score (nSPS) is 22.2. The van der Waals surface area contributed by atoms with Gasteiger partial charge >= 0.3 is 59.1 Å². The van der Waals surface area contributed by atoms with Crippen molar-refractivity contribution in [3.63, 3.8) is 0 Å². The molecule has 2 fully saturated rings. The third-order valence-corrected chi connectivity index (χ3v) is 12.2. The van der Waals surface area contributed by atoms with Crippen molar-refractivity contribution in [2.24, 2.45) is 5.92 Å². The third-order valence-electron chi connectivity index (χ3n) is 11.2. The Morgan fingerprint density at radius 1 is 0.618 bits per heavy atom. The number of anilines is 1. The quantitative estimate of drug-likeness (QED) is 0.0652. The van der Waals surface area contributed by atoms with Crippen LogP contribution in [-0.4, -0.2) is 120 Å². The van der Waals surface area contributed by atoms with Crippen LogP contribution in [0.25, 0.3) is 10.9 Å². The molecule has 0 spiro atoms. The average molecular weight is 972 g/mol. The van der Waals surface area contributed by atoms with E-state index in [1.54, 1.807) is 55.8 Å². The molecular formula is C45H51N9Na2O11S. The van der Waals surface area contributed by atoms with E-state index < -0.39 is 109 Å². The number of fused-ring (bicyclic) bond motifs is 1. The number of hydrogen-bond donors (Lipinski definition) is 7. The van der Waals surface area contributed by atoms with Crippen LogP contribution in [-0.2, 0) is 49.6 Å². The van der Waals surface area contributed by atoms with Crippen molar-refractivity contribution in [2.75, 3.05) is 31.1 Å². The summed E-state index contributed by atoms with van der Waals surface area (Å²) < 4.78 is 0.